The van der Waals surface area contributed by atoms with E-state index in [9.17, 15) is 17.1 Å². The van der Waals surface area contributed by atoms with Gasteiger partial charge in [0.25, 0.3) is 0 Å². The Labute approximate surface area is 94.6 Å². The summed E-state index contributed by atoms with van der Waals surface area (Å²) in [6.07, 6.45) is 0.00271. The molecule has 16 heavy (non-hydrogen) atoms. The molecule has 10 heteroatoms. The molecule has 1 unspecified atom stereocenters. The predicted molar refractivity (Wildman–Crippen MR) is 53.1 cm³/mol. The lowest BCUT2D eigenvalue weighted by Gasteiger charge is -2.10. The zero-order valence-electron chi connectivity index (χ0n) is 7.91. The first kappa shape index (κ1) is 11.3. The van der Waals surface area contributed by atoms with E-state index in [1.54, 1.807) is 0 Å². The lowest BCUT2D eigenvalue weighted by atomic mass is 10.1. The van der Waals surface area contributed by atoms with Crippen LogP contribution in [0.2, 0.25) is 0 Å². The van der Waals surface area contributed by atoms with E-state index < -0.39 is 21.9 Å². The Kier molecular flexibility index (Phi) is 2.84. The molecule has 1 aliphatic rings. The highest BCUT2D eigenvalue weighted by Gasteiger charge is 2.35. The molecule has 1 fully saturated rings. The minimum absolute atomic E-state index is 0.00271. The van der Waals surface area contributed by atoms with Crippen molar-refractivity contribution in [2.75, 3.05) is 17.2 Å². The summed E-state index contributed by atoms with van der Waals surface area (Å²) in [5.74, 6) is -1.46. The minimum atomic E-state index is -4.55. The number of carbonyl (C=O) groups excluding carboxylic acids is 1. The van der Waals surface area contributed by atoms with Crippen molar-refractivity contribution in [3.05, 3.63) is 0 Å². The van der Waals surface area contributed by atoms with Crippen LogP contribution in [0.15, 0.2) is 0 Å². The molecule has 1 aromatic heterocycles. The third-order valence-corrected chi connectivity index (χ3v) is 3.65. The first-order chi connectivity index (χ1) is 7.46. The van der Waals surface area contributed by atoms with E-state index in [1.807, 2.05) is 0 Å². The fourth-order valence-corrected chi connectivity index (χ4v) is 2.87. The molecule has 2 heterocycles. The molecule has 88 valence electrons. The molecule has 0 N–H and O–H groups in total. The van der Waals surface area contributed by atoms with Crippen molar-refractivity contribution in [2.24, 2.45) is 5.92 Å². The third-order valence-electron chi connectivity index (χ3n) is 2.16. The summed E-state index contributed by atoms with van der Waals surface area (Å²) in [7, 11) is -4.55. The van der Waals surface area contributed by atoms with Gasteiger partial charge in [-0.15, -0.1) is 3.89 Å². The molecule has 2 rings (SSSR count). The highest BCUT2D eigenvalue weighted by atomic mass is 32.3. The summed E-state index contributed by atoms with van der Waals surface area (Å²) < 4.78 is 36.8. The summed E-state index contributed by atoms with van der Waals surface area (Å²) in [6, 6.07) is 0. The summed E-state index contributed by atoms with van der Waals surface area (Å²) in [5.41, 5.74) is 0. The molecule has 1 atom stereocenters. The van der Waals surface area contributed by atoms with Gasteiger partial charge in [-0.1, -0.05) is 9.59 Å². The molecule has 1 saturated heterocycles. The number of nitrogens with zero attached hydrogens (tertiary/aromatic N) is 4. The number of anilines is 1. The van der Waals surface area contributed by atoms with Gasteiger partial charge in [0.15, 0.2) is 0 Å². The van der Waals surface area contributed by atoms with Crippen LogP contribution in [-0.2, 0) is 15.0 Å². The Bertz CT molecular complexity index is 488. The van der Waals surface area contributed by atoms with Crippen LogP contribution in [0.4, 0.5) is 9.02 Å². The highest BCUT2D eigenvalue weighted by molar-refractivity contribution is 7.86. The van der Waals surface area contributed by atoms with E-state index in [0.29, 0.717) is 5.13 Å². The maximum Gasteiger partial charge on any atom is 0.302 e. The number of halogens is 1. The number of rotatable bonds is 3. The SMILES string of the molecule is O=C1CC(CS(=O)(=O)F)CN1c1nnns1. The van der Waals surface area contributed by atoms with Crippen LogP contribution in [0.1, 0.15) is 6.42 Å². The Morgan fingerprint density at radius 1 is 1.56 bits per heavy atom. The molecule has 0 radical (unpaired) electrons. The Balaban J connectivity index is 2.08. The summed E-state index contributed by atoms with van der Waals surface area (Å²) in [5, 5.41) is 7.24. The van der Waals surface area contributed by atoms with Gasteiger partial charge in [-0.25, -0.2) is 0 Å². The minimum Gasteiger partial charge on any atom is -0.285 e. The van der Waals surface area contributed by atoms with Crippen molar-refractivity contribution in [2.45, 2.75) is 6.42 Å². The topological polar surface area (TPSA) is 93.1 Å². The molecular formula is C6H7FN4O3S2. The molecule has 0 spiro atoms. The Hall–Kier alpha value is -1.16. The molecular weight excluding hydrogens is 259 g/mol. The van der Waals surface area contributed by atoms with Crippen LogP contribution >= 0.6 is 11.5 Å². The fourth-order valence-electron chi connectivity index (χ4n) is 1.59. The molecule has 1 aromatic rings. The average Bonchev–Trinajstić information content (AvgIpc) is 2.71. The quantitative estimate of drug-likeness (QED) is 0.690. The zero-order valence-corrected chi connectivity index (χ0v) is 9.54. The van der Waals surface area contributed by atoms with E-state index in [1.165, 1.54) is 4.90 Å². The van der Waals surface area contributed by atoms with Crippen LogP contribution in [0.3, 0.4) is 0 Å². The van der Waals surface area contributed by atoms with E-state index in [0.717, 1.165) is 11.5 Å². The predicted octanol–water partition coefficient (Wildman–Crippen LogP) is -0.415. The normalized spacial score (nSPS) is 21.7. The summed E-state index contributed by atoms with van der Waals surface area (Å²) >= 11 is 0.934. The maximum absolute atomic E-state index is 12.4. The first-order valence-electron chi connectivity index (χ1n) is 4.33. The molecule has 0 saturated carbocycles. The first-order valence-corrected chi connectivity index (χ1v) is 6.66. The largest absolute Gasteiger partial charge is 0.302 e. The molecule has 0 bridgehead atoms. The maximum atomic E-state index is 12.4. The van der Waals surface area contributed by atoms with Crippen molar-refractivity contribution in [3.8, 4) is 0 Å². The van der Waals surface area contributed by atoms with Gasteiger partial charge < -0.3 is 0 Å². The van der Waals surface area contributed by atoms with Gasteiger partial charge >= 0.3 is 10.2 Å². The standard InChI is InChI=1S/C6H7FN4O3S2/c7-16(13,14)3-4-1-5(12)11(2-4)6-8-9-10-15-6/h4H,1-3H2. The average molecular weight is 266 g/mol. The fraction of sp³-hybridized carbons (Fsp3) is 0.667. The highest BCUT2D eigenvalue weighted by Crippen LogP contribution is 2.25. The number of amides is 1. The lowest BCUT2D eigenvalue weighted by Crippen LogP contribution is -2.25. The van der Waals surface area contributed by atoms with Crippen LogP contribution < -0.4 is 4.90 Å². The monoisotopic (exact) mass is 266 g/mol. The van der Waals surface area contributed by atoms with Crippen molar-refractivity contribution in [1.29, 1.82) is 0 Å². The molecule has 1 aliphatic heterocycles. The lowest BCUT2D eigenvalue weighted by molar-refractivity contribution is -0.117. The molecule has 0 aromatic carbocycles. The van der Waals surface area contributed by atoms with Gasteiger partial charge in [0, 0.05) is 30.4 Å². The van der Waals surface area contributed by atoms with Gasteiger partial charge in [-0.3, -0.25) is 9.69 Å². The van der Waals surface area contributed by atoms with Gasteiger partial charge in [0.1, 0.15) is 0 Å². The van der Waals surface area contributed by atoms with Crippen molar-refractivity contribution in [3.63, 3.8) is 0 Å². The molecule has 0 aliphatic carbocycles. The van der Waals surface area contributed by atoms with E-state index in [4.69, 9.17) is 0 Å². The summed E-state index contributed by atoms with van der Waals surface area (Å²) in [4.78, 5) is 12.8. The van der Waals surface area contributed by atoms with Crippen molar-refractivity contribution < 1.29 is 17.1 Å². The van der Waals surface area contributed by atoms with Gasteiger partial charge in [0.05, 0.1) is 5.75 Å². The van der Waals surface area contributed by atoms with Gasteiger partial charge in [-0.2, -0.15) is 8.42 Å². The zero-order chi connectivity index (χ0) is 11.8. The van der Waals surface area contributed by atoms with Crippen LogP contribution in [0, 0.1) is 5.92 Å². The second-order valence-electron chi connectivity index (χ2n) is 3.42. The summed E-state index contributed by atoms with van der Waals surface area (Å²) in [6.45, 7) is 0.138. The van der Waals surface area contributed by atoms with Crippen LogP contribution in [0.25, 0.3) is 0 Å². The van der Waals surface area contributed by atoms with Gasteiger partial charge in [-0.05, 0) is 5.21 Å². The van der Waals surface area contributed by atoms with E-state index >= 15 is 0 Å². The second kappa shape index (κ2) is 4.01. The smallest absolute Gasteiger partial charge is 0.285 e. The Morgan fingerprint density at radius 2 is 2.31 bits per heavy atom. The van der Waals surface area contributed by atoms with Crippen LogP contribution in [-0.4, -0.2) is 41.4 Å². The molecule has 1 amide bonds. The third kappa shape index (κ3) is 2.50. The van der Waals surface area contributed by atoms with Crippen molar-refractivity contribution >= 4 is 32.8 Å². The van der Waals surface area contributed by atoms with E-state index in [-0.39, 0.29) is 18.9 Å². The number of carbonyl (C=O) groups is 1. The van der Waals surface area contributed by atoms with E-state index in [2.05, 4.69) is 14.8 Å². The second-order valence-corrected chi connectivity index (χ2v) is 5.55. The Morgan fingerprint density at radius 3 is 2.88 bits per heavy atom. The number of hydrogen-bond acceptors (Lipinski definition) is 7. The van der Waals surface area contributed by atoms with Gasteiger partial charge in [0.2, 0.25) is 11.0 Å². The van der Waals surface area contributed by atoms with Crippen molar-refractivity contribution in [1.82, 2.24) is 14.8 Å². The number of hydrogen-bond donors (Lipinski definition) is 0. The molecule has 7 nitrogen and oxygen atoms in total. The number of aromatic nitrogens is 3. The van der Waals surface area contributed by atoms with Crippen LogP contribution in [0.5, 0.6) is 0 Å².